The zero-order valence-corrected chi connectivity index (χ0v) is 5.36. The fourth-order valence-corrected chi connectivity index (χ4v) is 0.268. The van der Waals surface area contributed by atoms with E-state index in [4.69, 9.17) is 11.6 Å². The quantitative estimate of drug-likeness (QED) is 0.345. The Morgan fingerprint density at radius 2 is 2.50 bits per heavy atom. The van der Waals surface area contributed by atoms with Crippen molar-refractivity contribution in [3.05, 3.63) is 0 Å². The molecular formula is C4H8ClNO2. The van der Waals surface area contributed by atoms with E-state index in [1.165, 1.54) is 6.92 Å². The summed E-state index contributed by atoms with van der Waals surface area (Å²) in [6, 6.07) is 0.111. The molecule has 1 amide bonds. The normalized spacial score (nSPS) is 8.75. The minimum atomic E-state index is -0.116. The Labute approximate surface area is 53.0 Å². The van der Waals surface area contributed by atoms with Crippen LogP contribution < -0.4 is 5.32 Å². The summed E-state index contributed by atoms with van der Waals surface area (Å²) in [6.07, 6.45) is 0. The van der Waals surface area contributed by atoms with Gasteiger partial charge in [-0.1, -0.05) is 11.6 Å². The van der Waals surface area contributed by atoms with Crippen molar-refractivity contribution in [1.82, 2.24) is 5.32 Å². The van der Waals surface area contributed by atoms with E-state index < -0.39 is 0 Å². The predicted molar refractivity (Wildman–Crippen MR) is 30.5 cm³/mol. The fourth-order valence-electron chi connectivity index (χ4n) is 0.191. The maximum absolute atomic E-state index is 10.1. The molecule has 0 aliphatic carbocycles. The molecule has 0 saturated heterocycles. The number of alkyl halides is 1. The molecule has 0 aromatic heterocycles. The van der Waals surface area contributed by atoms with E-state index >= 15 is 0 Å². The highest BCUT2D eigenvalue weighted by Gasteiger charge is 1.85. The Bertz CT molecular complexity index is 76.4. The van der Waals surface area contributed by atoms with Gasteiger partial charge in [0, 0.05) is 6.92 Å². The molecule has 0 atom stereocenters. The summed E-state index contributed by atoms with van der Waals surface area (Å²) in [5, 5.41) is 2.40. The lowest BCUT2D eigenvalue weighted by Gasteiger charge is -1.97. The molecule has 0 aliphatic rings. The third kappa shape index (κ3) is 5.72. The SMILES string of the molecule is CC(=O)NCOCCl. The second-order valence-corrected chi connectivity index (χ2v) is 1.41. The van der Waals surface area contributed by atoms with E-state index in [0.29, 0.717) is 0 Å². The maximum Gasteiger partial charge on any atom is 0.218 e. The van der Waals surface area contributed by atoms with E-state index in [2.05, 4.69) is 10.1 Å². The second kappa shape index (κ2) is 4.87. The number of amides is 1. The lowest BCUT2D eigenvalue weighted by Crippen LogP contribution is -2.22. The van der Waals surface area contributed by atoms with Crippen molar-refractivity contribution < 1.29 is 9.53 Å². The van der Waals surface area contributed by atoms with Crippen molar-refractivity contribution in [2.75, 3.05) is 12.8 Å². The molecule has 4 heteroatoms. The molecular weight excluding hydrogens is 130 g/mol. The van der Waals surface area contributed by atoms with Crippen LogP contribution in [0.15, 0.2) is 0 Å². The van der Waals surface area contributed by atoms with E-state index in [-0.39, 0.29) is 18.7 Å². The maximum atomic E-state index is 10.1. The molecule has 0 rings (SSSR count). The number of hydrogen-bond donors (Lipinski definition) is 1. The standard InChI is InChI=1S/C4H8ClNO2/c1-4(7)6-3-8-2-5/h2-3H2,1H3,(H,6,7). The Balaban J connectivity index is 2.82. The summed E-state index contributed by atoms with van der Waals surface area (Å²) in [5.74, 6) is -0.116. The highest BCUT2D eigenvalue weighted by atomic mass is 35.5. The smallest absolute Gasteiger partial charge is 0.218 e. The van der Waals surface area contributed by atoms with Crippen molar-refractivity contribution in [1.29, 1.82) is 0 Å². The van der Waals surface area contributed by atoms with Crippen LogP contribution in [0.5, 0.6) is 0 Å². The van der Waals surface area contributed by atoms with Gasteiger partial charge in [-0.3, -0.25) is 4.79 Å². The molecule has 0 fully saturated rings. The fraction of sp³-hybridized carbons (Fsp3) is 0.750. The first-order valence-corrected chi connectivity index (χ1v) is 2.69. The van der Waals surface area contributed by atoms with Gasteiger partial charge >= 0.3 is 0 Å². The Morgan fingerprint density at radius 3 is 2.88 bits per heavy atom. The summed E-state index contributed by atoms with van der Waals surface area (Å²) >= 11 is 5.11. The summed E-state index contributed by atoms with van der Waals surface area (Å²) in [4.78, 5) is 10.1. The van der Waals surface area contributed by atoms with Gasteiger partial charge in [0.05, 0.1) is 0 Å². The van der Waals surface area contributed by atoms with Crippen molar-refractivity contribution >= 4 is 17.5 Å². The van der Waals surface area contributed by atoms with Crippen LogP contribution in [0.3, 0.4) is 0 Å². The zero-order valence-electron chi connectivity index (χ0n) is 4.61. The Morgan fingerprint density at radius 1 is 1.88 bits per heavy atom. The van der Waals surface area contributed by atoms with Crippen LogP contribution in [-0.4, -0.2) is 18.7 Å². The molecule has 1 N–H and O–H groups in total. The van der Waals surface area contributed by atoms with Crippen LogP contribution in [0, 0.1) is 0 Å². The van der Waals surface area contributed by atoms with Crippen LogP contribution in [0.1, 0.15) is 6.92 Å². The van der Waals surface area contributed by atoms with Gasteiger partial charge in [-0.05, 0) is 0 Å². The lowest BCUT2D eigenvalue weighted by molar-refractivity contribution is -0.120. The topological polar surface area (TPSA) is 38.3 Å². The molecule has 0 aliphatic heterocycles. The van der Waals surface area contributed by atoms with Crippen LogP contribution in [0.25, 0.3) is 0 Å². The number of hydrogen-bond acceptors (Lipinski definition) is 2. The number of halogens is 1. The van der Waals surface area contributed by atoms with Gasteiger partial charge in [0.15, 0.2) is 0 Å². The Kier molecular flexibility index (Phi) is 4.70. The van der Waals surface area contributed by atoms with E-state index in [1.54, 1.807) is 0 Å². The van der Waals surface area contributed by atoms with Gasteiger partial charge in [-0.15, -0.1) is 0 Å². The lowest BCUT2D eigenvalue weighted by atomic mass is 10.7. The van der Waals surface area contributed by atoms with Crippen molar-refractivity contribution in [2.45, 2.75) is 6.92 Å². The number of rotatable bonds is 3. The second-order valence-electron chi connectivity index (χ2n) is 1.19. The van der Waals surface area contributed by atoms with Gasteiger partial charge in [-0.2, -0.15) is 0 Å². The van der Waals surface area contributed by atoms with Crippen LogP contribution in [0.2, 0.25) is 0 Å². The number of carbonyl (C=O) groups is 1. The summed E-state index contributed by atoms with van der Waals surface area (Å²) in [7, 11) is 0. The van der Waals surface area contributed by atoms with Crippen LogP contribution in [-0.2, 0) is 9.53 Å². The third-order valence-electron chi connectivity index (χ3n) is 0.500. The molecule has 0 bridgehead atoms. The molecule has 0 aromatic carbocycles. The molecule has 0 radical (unpaired) electrons. The minimum Gasteiger partial charge on any atom is -0.346 e. The van der Waals surface area contributed by atoms with Gasteiger partial charge in [0.25, 0.3) is 0 Å². The largest absolute Gasteiger partial charge is 0.346 e. The van der Waals surface area contributed by atoms with Gasteiger partial charge in [0.1, 0.15) is 12.8 Å². The predicted octanol–water partition coefficient (Wildman–Crippen LogP) is 0.293. The summed E-state index contributed by atoms with van der Waals surface area (Å²) in [5.41, 5.74) is 0. The molecule has 0 saturated carbocycles. The highest BCUT2D eigenvalue weighted by molar-refractivity contribution is 6.17. The van der Waals surface area contributed by atoms with Gasteiger partial charge in [-0.25, -0.2) is 0 Å². The van der Waals surface area contributed by atoms with Crippen LogP contribution >= 0.6 is 11.6 Å². The molecule has 0 heterocycles. The molecule has 8 heavy (non-hydrogen) atoms. The minimum absolute atomic E-state index is 0.111. The van der Waals surface area contributed by atoms with Crippen molar-refractivity contribution in [3.8, 4) is 0 Å². The first-order valence-electron chi connectivity index (χ1n) is 2.15. The first-order chi connectivity index (χ1) is 3.77. The van der Waals surface area contributed by atoms with Gasteiger partial charge in [0.2, 0.25) is 5.91 Å². The monoisotopic (exact) mass is 137 g/mol. The molecule has 0 aromatic rings. The van der Waals surface area contributed by atoms with E-state index in [9.17, 15) is 4.79 Å². The molecule has 0 spiro atoms. The van der Waals surface area contributed by atoms with Crippen LogP contribution in [0.4, 0.5) is 0 Å². The first kappa shape index (κ1) is 7.72. The number of ether oxygens (including phenoxy) is 1. The van der Waals surface area contributed by atoms with Gasteiger partial charge < -0.3 is 10.1 Å². The highest BCUT2D eigenvalue weighted by Crippen LogP contribution is 1.74. The number of nitrogens with one attached hydrogen (secondary N) is 1. The van der Waals surface area contributed by atoms with Crippen molar-refractivity contribution in [2.24, 2.45) is 0 Å². The summed E-state index contributed by atoms with van der Waals surface area (Å²) in [6.45, 7) is 1.61. The molecule has 48 valence electrons. The van der Waals surface area contributed by atoms with E-state index in [1.807, 2.05) is 0 Å². The number of carbonyl (C=O) groups excluding carboxylic acids is 1. The average Bonchev–Trinajstić information content (AvgIpc) is 1.66. The Hall–Kier alpha value is -0.280. The summed E-state index contributed by atoms with van der Waals surface area (Å²) < 4.78 is 4.58. The van der Waals surface area contributed by atoms with Crippen molar-refractivity contribution in [3.63, 3.8) is 0 Å². The third-order valence-corrected chi connectivity index (χ3v) is 0.655. The molecule has 3 nitrogen and oxygen atoms in total. The van der Waals surface area contributed by atoms with E-state index in [0.717, 1.165) is 0 Å². The average molecular weight is 138 g/mol. The zero-order chi connectivity index (χ0) is 6.41. The molecule has 0 unspecified atom stereocenters.